The predicted octanol–water partition coefficient (Wildman–Crippen LogP) is 4.03. The third kappa shape index (κ3) is 5.59. The molecule has 1 aliphatic rings. The number of aromatic nitrogens is 3. The number of ketones is 1. The minimum absolute atomic E-state index is 0.0809. The van der Waals surface area contributed by atoms with E-state index in [1.54, 1.807) is 6.20 Å². The Morgan fingerprint density at radius 2 is 2.00 bits per heavy atom. The van der Waals surface area contributed by atoms with Gasteiger partial charge in [-0.3, -0.25) is 9.59 Å². The van der Waals surface area contributed by atoms with Crippen LogP contribution in [0.1, 0.15) is 52.7 Å². The number of anilines is 4. The molecule has 3 N–H and O–H groups in total. The Morgan fingerprint density at radius 1 is 1.26 bits per heavy atom. The number of hydrogen-bond donors (Lipinski definition) is 2. The Hall–Kier alpha value is -3.53. The van der Waals surface area contributed by atoms with Crippen molar-refractivity contribution in [2.45, 2.75) is 39.2 Å². The molecule has 0 unspecified atom stereocenters. The number of benzene rings is 1. The van der Waals surface area contributed by atoms with E-state index in [2.05, 4.69) is 26.5 Å². The number of nitrogens with two attached hydrogens (primary N) is 1. The molecule has 0 radical (unpaired) electrons. The van der Waals surface area contributed by atoms with Crippen LogP contribution in [-0.2, 0) is 0 Å². The summed E-state index contributed by atoms with van der Waals surface area (Å²) in [5.74, 6) is 0.641. The van der Waals surface area contributed by atoms with E-state index >= 15 is 0 Å². The van der Waals surface area contributed by atoms with Crippen molar-refractivity contribution >= 4 is 45.5 Å². The predicted molar refractivity (Wildman–Crippen MR) is 140 cm³/mol. The van der Waals surface area contributed by atoms with Crippen LogP contribution in [0.3, 0.4) is 0 Å². The first-order valence-electron chi connectivity index (χ1n) is 11.7. The van der Waals surface area contributed by atoms with Crippen molar-refractivity contribution in [2.24, 2.45) is 11.7 Å². The lowest BCUT2D eigenvalue weighted by Crippen LogP contribution is -2.44. The van der Waals surface area contributed by atoms with Gasteiger partial charge in [-0.15, -0.1) is 0 Å². The van der Waals surface area contributed by atoms with E-state index in [9.17, 15) is 9.59 Å². The van der Waals surface area contributed by atoms with Gasteiger partial charge in [0.05, 0.1) is 11.9 Å². The van der Waals surface area contributed by atoms with E-state index in [-0.39, 0.29) is 23.4 Å². The van der Waals surface area contributed by atoms with Crippen molar-refractivity contribution in [2.75, 3.05) is 35.8 Å². The highest BCUT2D eigenvalue weighted by atomic mass is 32.1. The van der Waals surface area contributed by atoms with Crippen molar-refractivity contribution in [3.05, 3.63) is 53.5 Å². The van der Waals surface area contributed by atoms with Gasteiger partial charge in [-0.05, 0) is 74.5 Å². The Bertz CT molecular complexity index is 1210. The molecule has 0 aliphatic carbocycles. The van der Waals surface area contributed by atoms with Crippen LogP contribution >= 0.6 is 11.5 Å². The molecule has 3 heterocycles. The molecule has 2 atom stereocenters. The largest absolute Gasteiger partial charge is 0.378 e. The summed E-state index contributed by atoms with van der Waals surface area (Å²) in [5.41, 5.74) is 8.29. The number of primary amides is 1. The quantitative estimate of drug-likeness (QED) is 0.452. The number of Topliss-reactive ketones (excluding diaryl/α,β-unsaturated/α-hetero) is 1. The summed E-state index contributed by atoms with van der Waals surface area (Å²) in [5, 5.41) is 3.90. The van der Waals surface area contributed by atoms with Gasteiger partial charge >= 0.3 is 0 Å². The number of nitrogens with zero attached hydrogens (tertiary/aromatic N) is 5. The van der Waals surface area contributed by atoms with E-state index in [1.807, 2.05) is 56.3 Å². The van der Waals surface area contributed by atoms with Gasteiger partial charge in [-0.2, -0.15) is 4.37 Å². The molecule has 1 aromatic carbocycles. The number of piperidine rings is 1. The molecule has 184 valence electrons. The van der Waals surface area contributed by atoms with Crippen molar-refractivity contribution in [3.8, 4) is 0 Å². The Kier molecular flexibility index (Phi) is 7.30. The summed E-state index contributed by atoms with van der Waals surface area (Å²) in [4.78, 5) is 38.2. The fourth-order valence-corrected chi connectivity index (χ4v) is 5.11. The highest BCUT2D eigenvalue weighted by Gasteiger charge is 2.31. The molecule has 0 spiro atoms. The van der Waals surface area contributed by atoms with Crippen molar-refractivity contribution in [3.63, 3.8) is 0 Å². The zero-order chi connectivity index (χ0) is 25.1. The Labute approximate surface area is 209 Å². The van der Waals surface area contributed by atoms with Crippen LogP contribution in [0.2, 0.25) is 0 Å². The minimum Gasteiger partial charge on any atom is -0.378 e. The third-order valence-corrected chi connectivity index (χ3v) is 7.25. The van der Waals surface area contributed by atoms with Gasteiger partial charge in [0.1, 0.15) is 10.8 Å². The topological polar surface area (TPSA) is 117 Å². The lowest BCUT2D eigenvalue weighted by atomic mass is 9.85. The molecule has 3 aromatic rings. The molecule has 0 bridgehead atoms. The van der Waals surface area contributed by atoms with Gasteiger partial charge in [0.25, 0.3) is 5.91 Å². The summed E-state index contributed by atoms with van der Waals surface area (Å²) < 4.78 is 4.26. The average molecular weight is 494 g/mol. The van der Waals surface area contributed by atoms with E-state index in [0.29, 0.717) is 18.1 Å². The zero-order valence-corrected chi connectivity index (χ0v) is 21.3. The molecule has 0 saturated carbocycles. The first-order valence-corrected chi connectivity index (χ1v) is 12.4. The number of aryl methyl sites for hydroxylation is 1. The van der Waals surface area contributed by atoms with E-state index < -0.39 is 5.91 Å². The molecular weight excluding hydrogens is 462 g/mol. The minimum atomic E-state index is -0.650. The molecule has 2 aromatic heterocycles. The van der Waals surface area contributed by atoms with Gasteiger partial charge in [0.2, 0.25) is 0 Å². The second kappa shape index (κ2) is 10.4. The monoisotopic (exact) mass is 493 g/mol. The van der Waals surface area contributed by atoms with Crippen molar-refractivity contribution in [1.82, 2.24) is 14.3 Å². The van der Waals surface area contributed by atoms with Crippen LogP contribution in [0.25, 0.3) is 0 Å². The molecule has 10 heteroatoms. The van der Waals surface area contributed by atoms with Crippen LogP contribution in [0.15, 0.2) is 36.5 Å². The summed E-state index contributed by atoms with van der Waals surface area (Å²) in [6.07, 6.45) is 3.97. The lowest BCUT2D eigenvalue weighted by molar-refractivity contribution is 0.0944. The van der Waals surface area contributed by atoms with Gasteiger partial charge < -0.3 is 20.9 Å². The maximum Gasteiger partial charge on any atom is 0.271 e. The Balaban J connectivity index is 1.52. The fourth-order valence-electron chi connectivity index (χ4n) is 4.45. The summed E-state index contributed by atoms with van der Waals surface area (Å²) >= 11 is 1.28. The third-order valence-electron chi connectivity index (χ3n) is 6.46. The van der Waals surface area contributed by atoms with Gasteiger partial charge in [-0.25, -0.2) is 9.97 Å². The Morgan fingerprint density at radius 3 is 2.63 bits per heavy atom. The second-order valence-electron chi connectivity index (χ2n) is 9.15. The van der Waals surface area contributed by atoms with E-state index in [1.165, 1.54) is 11.5 Å². The summed E-state index contributed by atoms with van der Waals surface area (Å²) in [7, 11) is 3.96. The molecule has 1 fully saturated rings. The van der Waals surface area contributed by atoms with Crippen LogP contribution in [0.5, 0.6) is 0 Å². The molecular formula is C25H31N7O2S. The number of carbonyl (C=O) groups is 2. The second-order valence-corrected chi connectivity index (χ2v) is 9.96. The molecule has 9 nitrogen and oxygen atoms in total. The number of amides is 1. The molecule has 1 aliphatic heterocycles. The number of carbonyl (C=O) groups excluding carboxylic acids is 2. The fraction of sp³-hybridized carbons (Fsp3) is 0.400. The molecule has 35 heavy (non-hydrogen) atoms. The average Bonchev–Trinajstić information content (AvgIpc) is 3.24. The standard InChI is InChI=1S/C25H31N7O2S/c1-15-12-22(35-30-15)29-25-23(24(26)34)27-14-21(28-25)32-11-5-6-18(16(32)2)13-20(33)17-7-9-19(10-8-17)31(3)4/h7-10,12,14,16,18H,5-6,11,13H2,1-4H3,(H2,26,34)(H,28,29)/t16-,18+/m0/s1. The number of rotatable bonds is 8. The number of nitrogens with one attached hydrogen (secondary N) is 1. The van der Waals surface area contributed by atoms with Gasteiger partial charge in [0, 0.05) is 44.4 Å². The van der Waals surface area contributed by atoms with Crippen molar-refractivity contribution < 1.29 is 9.59 Å². The van der Waals surface area contributed by atoms with Crippen LogP contribution < -0.4 is 20.9 Å². The molecule has 4 rings (SSSR count). The molecule has 1 saturated heterocycles. The van der Waals surface area contributed by atoms with Crippen molar-refractivity contribution in [1.29, 1.82) is 0 Å². The van der Waals surface area contributed by atoms with Crippen LogP contribution in [-0.4, -0.2) is 52.7 Å². The van der Waals surface area contributed by atoms with E-state index in [0.717, 1.165) is 41.3 Å². The summed E-state index contributed by atoms with van der Waals surface area (Å²) in [6, 6.07) is 9.70. The zero-order valence-electron chi connectivity index (χ0n) is 20.5. The first-order chi connectivity index (χ1) is 16.7. The normalized spacial score (nSPS) is 17.8. The highest BCUT2D eigenvalue weighted by molar-refractivity contribution is 7.10. The maximum absolute atomic E-state index is 13.0. The highest BCUT2D eigenvalue weighted by Crippen LogP contribution is 2.32. The first kappa shape index (κ1) is 24.6. The summed E-state index contributed by atoms with van der Waals surface area (Å²) in [6.45, 7) is 4.81. The lowest BCUT2D eigenvalue weighted by Gasteiger charge is -2.40. The SMILES string of the molecule is Cc1cc(Nc2nc(N3CCC[C@H](CC(=O)c4ccc(N(C)C)cc4)[C@@H]3C)cnc2C(N)=O)sn1. The van der Waals surface area contributed by atoms with E-state index in [4.69, 9.17) is 10.7 Å². The molecule has 1 amide bonds. The smallest absolute Gasteiger partial charge is 0.271 e. The van der Waals surface area contributed by atoms with Gasteiger partial charge in [0.15, 0.2) is 17.3 Å². The number of hydrogen-bond acceptors (Lipinski definition) is 9. The maximum atomic E-state index is 13.0. The van der Waals surface area contributed by atoms with Crippen LogP contribution in [0.4, 0.5) is 22.3 Å². The van der Waals surface area contributed by atoms with Gasteiger partial charge in [-0.1, -0.05) is 0 Å². The van der Waals surface area contributed by atoms with Crippen LogP contribution in [0, 0.1) is 12.8 Å².